The Morgan fingerprint density at radius 1 is 1.23 bits per heavy atom. The number of hydrogen-bond donors (Lipinski definition) is 2. The molecule has 0 saturated carbocycles. The van der Waals surface area contributed by atoms with Crippen LogP contribution in [0, 0.1) is 0 Å². The van der Waals surface area contributed by atoms with Gasteiger partial charge in [-0.05, 0) is 40.4 Å². The minimum Gasteiger partial charge on any atom is -0.412 e. The predicted molar refractivity (Wildman–Crippen MR) is 83.8 cm³/mol. The Hall–Kier alpha value is -1.12. The van der Waals surface area contributed by atoms with Crippen molar-refractivity contribution in [2.45, 2.75) is 19.8 Å². The van der Waals surface area contributed by atoms with Crippen LogP contribution < -0.4 is 5.73 Å². The Morgan fingerprint density at radius 2 is 1.59 bits per heavy atom. The van der Waals surface area contributed by atoms with Crippen LogP contribution in [0.3, 0.4) is 0 Å². The maximum absolute atomic E-state index is 10.6. The number of primary amides is 1. The van der Waals surface area contributed by atoms with Crippen molar-refractivity contribution in [3.05, 3.63) is 11.6 Å². The molecule has 140 valence electrons. The summed E-state index contributed by atoms with van der Waals surface area (Å²) in [5, 5.41) is 0. The zero-order chi connectivity index (χ0) is 14.8. The molecule has 0 rings (SSSR count). The first-order chi connectivity index (χ1) is 8.10. The zero-order valence-electron chi connectivity index (χ0n) is 13.2. The van der Waals surface area contributed by atoms with E-state index < -0.39 is 10.4 Å². The molecule has 0 atom stereocenters. The first kappa shape index (κ1) is 37.3. The molecule has 0 aliphatic carbocycles. The number of rotatable bonds is 6. The van der Waals surface area contributed by atoms with Crippen molar-refractivity contribution in [3.8, 4) is 0 Å². The average Bonchev–Trinajstić information content (AvgIpc) is 2.23. The highest BCUT2D eigenvalue weighted by Crippen LogP contribution is 1.97. The summed E-state index contributed by atoms with van der Waals surface area (Å²) in [5.74, 6) is -0.320. The van der Waals surface area contributed by atoms with Gasteiger partial charge in [0.1, 0.15) is 0 Å². The van der Waals surface area contributed by atoms with Crippen LogP contribution in [-0.2, 0) is 19.4 Å². The number of hydrogen-bond acceptors (Lipinski definition) is 5. The highest BCUT2D eigenvalue weighted by Gasteiger charge is 1.95. The number of amides is 1. The molecule has 22 heavy (non-hydrogen) atoms. The Bertz CT molecular complexity index is 369. The molecular formula is C10H30N2O9S. The predicted octanol–water partition coefficient (Wildman–Crippen LogP) is -3.10. The van der Waals surface area contributed by atoms with E-state index in [9.17, 15) is 13.2 Å². The number of carbonyl (C=O) groups excluding carboxylic acids is 1. The Morgan fingerprint density at radius 3 is 1.82 bits per heavy atom. The topological polar surface area (TPSA) is 236 Å². The van der Waals surface area contributed by atoms with Crippen molar-refractivity contribution in [3.63, 3.8) is 0 Å². The number of nitrogens with two attached hydrogens (primary N) is 1. The molecule has 0 unspecified atom stereocenters. The molecule has 0 fully saturated rings. The molecule has 0 radical (unpaired) electrons. The van der Waals surface area contributed by atoms with E-state index in [0.717, 1.165) is 26.5 Å². The van der Waals surface area contributed by atoms with E-state index in [-0.39, 0.29) is 27.8 Å². The van der Waals surface area contributed by atoms with Gasteiger partial charge in [0.25, 0.3) is 0 Å². The van der Waals surface area contributed by atoms with Crippen molar-refractivity contribution in [1.29, 1.82) is 0 Å². The maximum atomic E-state index is 10.6. The molecule has 1 amide bonds. The lowest BCUT2D eigenvalue weighted by Gasteiger charge is -2.06. The largest absolute Gasteiger partial charge is 0.412 e. The van der Waals surface area contributed by atoms with Crippen molar-refractivity contribution in [1.82, 2.24) is 4.90 Å². The van der Waals surface area contributed by atoms with Crippen LogP contribution in [0.4, 0.5) is 0 Å². The summed E-state index contributed by atoms with van der Waals surface area (Å²) in [6, 6.07) is 0. The Kier molecular flexibility index (Phi) is 33.7. The van der Waals surface area contributed by atoms with E-state index in [1.54, 1.807) is 6.92 Å². The van der Waals surface area contributed by atoms with E-state index in [0.29, 0.717) is 5.57 Å². The van der Waals surface area contributed by atoms with Gasteiger partial charge in [0.15, 0.2) is 0 Å². The molecule has 0 aromatic rings. The second-order valence-corrected chi connectivity index (χ2v) is 4.98. The van der Waals surface area contributed by atoms with E-state index in [2.05, 4.69) is 9.08 Å². The van der Waals surface area contributed by atoms with E-state index in [1.165, 1.54) is 0 Å². The van der Waals surface area contributed by atoms with Gasteiger partial charge in [-0.15, -0.1) is 0 Å². The lowest BCUT2D eigenvalue weighted by Crippen LogP contribution is -2.13. The minimum atomic E-state index is -4.16. The van der Waals surface area contributed by atoms with Gasteiger partial charge >= 0.3 is 10.4 Å². The molecule has 0 aromatic heterocycles. The second-order valence-electron chi connectivity index (χ2n) is 3.79. The van der Waals surface area contributed by atoms with Gasteiger partial charge in [0.2, 0.25) is 5.91 Å². The normalized spacial score (nSPS) is 9.82. The van der Waals surface area contributed by atoms with Crippen LogP contribution in [0.5, 0.6) is 0 Å². The summed E-state index contributed by atoms with van der Waals surface area (Å²) >= 11 is 0. The fourth-order valence-electron chi connectivity index (χ4n) is 0.827. The fraction of sp³-hybridized carbons (Fsp3) is 0.700. The van der Waals surface area contributed by atoms with Crippen LogP contribution in [0.25, 0.3) is 0 Å². The SMILES string of the molecule is CC(=CCCCN(C)C)C(N)=O.COS(=O)(=O)O.O.O.O.O. The van der Waals surface area contributed by atoms with Crippen LogP contribution in [-0.4, -0.2) is 73.4 Å². The van der Waals surface area contributed by atoms with Gasteiger partial charge in [-0.1, -0.05) is 6.08 Å². The zero-order valence-corrected chi connectivity index (χ0v) is 14.0. The van der Waals surface area contributed by atoms with Gasteiger partial charge in [0.05, 0.1) is 7.11 Å². The average molecular weight is 354 g/mol. The first-order valence-corrected chi connectivity index (χ1v) is 6.61. The molecule has 12 heteroatoms. The van der Waals surface area contributed by atoms with Gasteiger partial charge in [-0.3, -0.25) is 13.5 Å². The number of unbranched alkanes of at least 4 members (excludes halogenated alkanes) is 1. The quantitative estimate of drug-likeness (QED) is 0.284. The highest BCUT2D eigenvalue weighted by atomic mass is 32.3. The lowest BCUT2D eigenvalue weighted by molar-refractivity contribution is -0.114. The highest BCUT2D eigenvalue weighted by molar-refractivity contribution is 7.80. The van der Waals surface area contributed by atoms with Crippen molar-refractivity contribution in [2.24, 2.45) is 5.73 Å². The number of carbonyl (C=O) groups is 1. The summed E-state index contributed by atoms with van der Waals surface area (Å²) in [7, 11) is 0.773. The number of nitrogens with zero attached hydrogens (tertiary/aromatic N) is 1. The third-order valence-electron chi connectivity index (χ3n) is 1.86. The Balaban J connectivity index is -0.0000000565. The first-order valence-electron chi connectivity index (χ1n) is 5.24. The molecule has 11 nitrogen and oxygen atoms in total. The summed E-state index contributed by atoms with van der Waals surface area (Å²) in [6.07, 6.45) is 3.89. The number of allylic oxidation sites excluding steroid dienone is 1. The van der Waals surface area contributed by atoms with Gasteiger partial charge in [-0.2, -0.15) is 8.42 Å². The standard InChI is InChI=1S/C9H18N2O.CH4O4S.4H2O/c1-8(9(10)12)6-4-5-7-11(2)3;1-5-6(2,3)4;;;;/h6H,4-5,7H2,1-3H3,(H2,10,12);1H3,(H,2,3,4);4*1H2. The smallest absolute Gasteiger partial charge is 0.397 e. The molecule has 0 saturated heterocycles. The molecule has 11 N–H and O–H groups in total. The van der Waals surface area contributed by atoms with Gasteiger partial charge < -0.3 is 32.5 Å². The van der Waals surface area contributed by atoms with Gasteiger partial charge in [-0.25, -0.2) is 0 Å². The summed E-state index contributed by atoms with van der Waals surface area (Å²) < 4.78 is 29.7. The summed E-state index contributed by atoms with van der Waals surface area (Å²) in [5.41, 5.74) is 5.72. The summed E-state index contributed by atoms with van der Waals surface area (Å²) in [4.78, 5) is 12.7. The molecule has 0 bridgehead atoms. The van der Waals surface area contributed by atoms with Crippen molar-refractivity contribution >= 4 is 16.3 Å². The third kappa shape index (κ3) is 36.4. The summed E-state index contributed by atoms with van der Waals surface area (Å²) in [6.45, 7) is 2.79. The van der Waals surface area contributed by atoms with E-state index >= 15 is 0 Å². The van der Waals surface area contributed by atoms with E-state index in [1.807, 2.05) is 20.2 Å². The Labute approximate surface area is 130 Å². The van der Waals surface area contributed by atoms with Crippen molar-refractivity contribution in [2.75, 3.05) is 27.7 Å². The van der Waals surface area contributed by atoms with Crippen LogP contribution in [0.15, 0.2) is 11.6 Å². The molecular weight excluding hydrogens is 324 g/mol. The van der Waals surface area contributed by atoms with Crippen LogP contribution in [0.2, 0.25) is 0 Å². The molecule has 0 aliphatic rings. The minimum absolute atomic E-state index is 0. The van der Waals surface area contributed by atoms with Crippen LogP contribution >= 0.6 is 0 Å². The van der Waals surface area contributed by atoms with Crippen molar-refractivity contribution < 1.29 is 43.9 Å². The van der Waals surface area contributed by atoms with Gasteiger partial charge in [0, 0.05) is 5.57 Å². The van der Waals surface area contributed by atoms with E-state index in [4.69, 9.17) is 10.3 Å². The molecule has 0 aliphatic heterocycles. The third-order valence-corrected chi connectivity index (χ3v) is 2.28. The van der Waals surface area contributed by atoms with Crippen LogP contribution in [0.1, 0.15) is 19.8 Å². The molecule has 0 aromatic carbocycles. The monoisotopic (exact) mass is 354 g/mol. The lowest BCUT2D eigenvalue weighted by atomic mass is 10.2. The fourth-order valence-corrected chi connectivity index (χ4v) is 0.827. The second kappa shape index (κ2) is 19.9. The maximum Gasteiger partial charge on any atom is 0.397 e. The molecule has 0 spiro atoms. The molecule has 0 heterocycles.